The van der Waals surface area contributed by atoms with E-state index in [1.807, 2.05) is 61.5 Å². The van der Waals surface area contributed by atoms with E-state index in [2.05, 4.69) is 4.98 Å². The minimum absolute atomic E-state index is 0.156. The van der Waals surface area contributed by atoms with Gasteiger partial charge in [0, 0.05) is 17.3 Å². The predicted octanol–water partition coefficient (Wildman–Crippen LogP) is 6.24. The maximum Gasteiger partial charge on any atom is 0.435 e. The SMILES string of the molecule is Cc1cccc(C(=NN(C(=O)OC(C)(C)C)c2cccnc2Cl)c2ccccc2)c1. The fourth-order valence-corrected chi connectivity index (χ4v) is 3.00. The number of carbonyl (C=O) groups excluding carboxylic acids is 1. The Morgan fingerprint density at radius 3 is 2.33 bits per heavy atom. The van der Waals surface area contributed by atoms with Crippen LogP contribution in [0.5, 0.6) is 0 Å². The number of nitrogens with zero attached hydrogens (tertiary/aromatic N) is 3. The molecule has 154 valence electrons. The Bertz CT molecular complexity index is 1060. The zero-order valence-corrected chi connectivity index (χ0v) is 18.2. The van der Waals surface area contributed by atoms with Crippen molar-refractivity contribution in [2.45, 2.75) is 33.3 Å². The molecule has 0 aliphatic carbocycles. The summed E-state index contributed by atoms with van der Waals surface area (Å²) in [5.41, 5.74) is 3.07. The number of ether oxygens (including phenoxy) is 1. The van der Waals surface area contributed by atoms with Crippen LogP contribution < -0.4 is 5.01 Å². The molecular weight excluding hydrogens is 398 g/mol. The summed E-state index contributed by atoms with van der Waals surface area (Å²) >= 11 is 6.31. The number of pyridine rings is 1. The van der Waals surface area contributed by atoms with Crippen molar-refractivity contribution < 1.29 is 9.53 Å². The van der Waals surface area contributed by atoms with Crippen LogP contribution in [-0.2, 0) is 4.74 Å². The first-order chi connectivity index (χ1) is 14.2. The van der Waals surface area contributed by atoms with Crippen LogP contribution >= 0.6 is 11.6 Å². The van der Waals surface area contributed by atoms with Gasteiger partial charge in [0.2, 0.25) is 0 Å². The van der Waals surface area contributed by atoms with Gasteiger partial charge in [-0.1, -0.05) is 65.7 Å². The highest BCUT2D eigenvalue weighted by Crippen LogP contribution is 2.26. The van der Waals surface area contributed by atoms with Crippen LogP contribution in [0.1, 0.15) is 37.5 Å². The molecule has 0 unspecified atom stereocenters. The van der Waals surface area contributed by atoms with E-state index >= 15 is 0 Å². The molecule has 1 amide bonds. The van der Waals surface area contributed by atoms with Crippen molar-refractivity contribution in [1.82, 2.24) is 4.98 Å². The van der Waals surface area contributed by atoms with Gasteiger partial charge >= 0.3 is 6.09 Å². The quantitative estimate of drug-likeness (QED) is 0.284. The van der Waals surface area contributed by atoms with Crippen LogP contribution in [0, 0.1) is 6.92 Å². The van der Waals surface area contributed by atoms with Crippen molar-refractivity contribution in [2.24, 2.45) is 5.10 Å². The third-order valence-corrected chi connectivity index (χ3v) is 4.36. The zero-order chi connectivity index (χ0) is 21.7. The first kappa shape index (κ1) is 21.5. The minimum Gasteiger partial charge on any atom is -0.442 e. The molecule has 3 rings (SSSR count). The Hall–Kier alpha value is -3.18. The second-order valence-electron chi connectivity index (χ2n) is 7.79. The third kappa shape index (κ3) is 5.45. The first-order valence-electron chi connectivity index (χ1n) is 9.59. The summed E-state index contributed by atoms with van der Waals surface area (Å²) in [5.74, 6) is 0. The molecule has 0 aliphatic rings. The number of halogens is 1. The number of amides is 1. The average molecular weight is 422 g/mol. The molecule has 2 aromatic carbocycles. The van der Waals surface area contributed by atoms with E-state index in [-0.39, 0.29) is 5.15 Å². The van der Waals surface area contributed by atoms with Crippen molar-refractivity contribution in [3.05, 3.63) is 94.8 Å². The van der Waals surface area contributed by atoms with E-state index in [1.54, 1.807) is 39.1 Å². The van der Waals surface area contributed by atoms with Crippen LogP contribution in [0.4, 0.5) is 10.5 Å². The lowest BCUT2D eigenvalue weighted by molar-refractivity contribution is 0.0581. The maximum absolute atomic E-state index is 13.1. The van der Waals surface area contributed by atoms with Crippen molar-refractivity contribution >= 4 is 29.1 Å². The van der Waals surface area contributed by atoms with Crippen LogP contribution in [0.25, 0.3) is 0 Å². The summed E-state index contributed by atoms with van der Waals surface area (Å²) < 4.78 is 5.60. The largest absolute Gasteiger partial charge is 0.442 e. The zero-order valence-electron chi connectivity index (χ0n) is 17.5. The van der Waals surface area contributed by atoms with Gasteiger partial charge in [-0.3, -0.25) is 0 Å². The Balaban J connectivity index is 2.20. The van der Waals surface area contributed by atoms with Crippen LogP contribution in [0.2, 0.25) is 5.15 Å². The van der Waals surface area contributed by atoms with E-state index in [0.29, 0.717) is 11.4 Å². The summed E-state index contributed by atoms with van der Waals surface area (Å²) in [6, 6.07) is 21.0. The van der Waals surface area contributed by atoms with Gasteiger partial charge in [-0.25, -0.2) is 9.78 Å². The van der Waals surface area contributed by atoms with Crippen LogP contribution in [0.15, 0.2) is 78.0 Å². The van der Waals surface area contributed by atoms with Gasteiger partial charge < -0.3 is 4.74 Å². The molecule has 0 saturated carbocycles. The summed E-state index contributed by atoms with van der Waals surface area (Å²) in [4.78, 5) is 17.2. The highest BCUT2D eigenvalue weighted by atomic mass is 35.5. The number of carbonyl (C=O) groups is 1. The molecule has 5 nitrogen and oxygen atoms in total. The molecule has 0 radical (unpaired) electrons. The standard InChI is InChI=1S/C24H24ClN3O2/c1-17-10-8-13-19(16-17)21(18-11-6-5-7-12-18)27-28(23(29)30-24(2,3)4)20-14-9-15-26-22(20)25/h5-16H,1-4H3. The number of anilines is 1. The molecule has 30 heavy (non-hydrogen) atoms. The molecule has 0 atom stereocenters. The lowest BCUT2D eigenvalue weighted by Gasteiger charge is -2.25. The van der Waals surface area contributed by atoms with Crippen LogP contribution in [0.3, 0.4) is 0 Å². The van der Waals surface area contributed by atoms with E-state index in [1.165, 1.54) is 5.01 Å². The van der Waals surface area contributed by atoms with Crippen molar-refractivity contribution in [2.75, 3.05) is 5.01 Å². The smallest absolute Gasteiger partial charge is 0.435 e. The topological polar surface area (TPSA) is 54.8 Å². The van der Waals surface area contributed by atoms with Gasteiger partial charge in [0.1, 0.15) is 11.3 Å². The monoisotopic (exact) mass is 421 g/mol. The molecular formula is C24H24ClN3O2. The van der Waals surface area contributed by atoms with Crippen LogP contribution in [-0.4, -0.2) is 22.4 Å². The lowest BCUT2D eigenvalue weighted by atomic mass is 10.0. The Kier molecular flexibility index (Phi) is 6.53. The molecule has 0 N–H and O–H groups in total. The molecule has 0 fully saturated rings. The Morgan fingerprint density at radius 1 is 1.00 bits per heavy atom. The van der Waals surface area contributed by atoms with Gasteiger partial charge in [0.15, 0.2) is 5.15 Å². The third-order valence-electron chi connectivity index (χ3n) is 4.07. The van der Waals surface area contributed by atoms with E-state index < -0.39 is 11.7 Å². The summed E-state index contributed by atoms with van der Waals surface area (Å²) in [6.45, 7) is 7.42. The molecule has 0 spiro atoms. The number of hydrogen-bond donors (Lipinski definition) is 0. The van der Waals surface area contributed by atoms with Crippen molar-refractivity contribution in [1.29, 1.82) is 0 Å². The van der Waals surface area contributed by atoms with Crippen molar-refractivity contribution in [3.63, 3.8) is 0 Å². The minimum atomic E-state index is -0.699. The number of hydrazone groups is 1. The van der Waals surface area contributed by atoms with Gasteiger partial charge in [-0.05, 0) is 45.9 Å². The summed E-state index contributed by atoms with van der Waals surface area (Å²) in [7, 11) is 0. The number of aryl methyl sites for hydroxylation is 1. The molecule has 0 bridgehead atoms. The number of hydrogen-bond acceptors (Lipinski definition) is 4. The van der Waals surface area contributed by atoms with E-state index in [0.717, 1.165) is 16.7 Å². The van der Waals surface area contributed by atoms with E-state index in [4.69, 9.17) is 21.4 Å². The molecule has 6 heteroatoms. The highest BCUT2D eigenvalue weighted by molar-refractivity contribution is 6.32. The Labute approximate surface area is 182 Å². The highest BCUT2D eigenvalue weighted by Gasteiger charge is 2.26. The van der Waals surface area contributed by atoms with Gasteiger partial charge in [-0.2, -0.15) is 10.1 Å². The Morgan fingerprint density at radius 2 is 1.70 bits per heavy atom. The van der Waals surface area contributed by atoms with Gasteiger partial charge in [0.25, 0.3) is 0 Å². The lowest BCUT2D eigenvalue weighted by Crippen LogP contribution is -2.35. The van der Waals surface area contributed by atoms with Crippen molar-refractivity contribution in [3.8, 4) is 0 Å². The second-order valence-corrected chi connectivity index (χ2v) is 8.15. The maximum atomic E-state index is 13.1. The number of aromatic nitrogens is 1. The fraction of sp³-hybridized carbons (Fsp3) is 0.208. The number of benzene rings is 2. The molecule has 1 heterocycles. The molecule has 1 aromatic heterocycles. The first-order valence-corrected chi connectivity index (χ1v) is 9.97. The molecule has 3 aromatic rings. The number of rotatable bonds is 4. The summed E-state index contributed by atoms with van der Waals surface area (Å²) in [5, 5.41) is 6.05. The summed E-state index contributed by atoms with van der Waals surface area (Å²) in [6.07, 6.45) is 0.917. The molecule has 0 saturated heterocycles. The second kappa shape index (κ2) is 9.09. The van der Waals surface area contributed by atoms with Gasteiger partial charge in [-0.15, -0.1) is 0 Å². The molecule has 0 aliphatic heterocycles. The van der Waals surface area contributed by atoms with Gasteiger partial charge in [0.05, 0.1) is 5.71 Å². The normalized spacial score (nSPS) is 11.8. The fourth-order valence-electron chi connectivity index (χ4n) is 2.80. The predicted molar refractivity (Wildman–Crippen MR) is 121 cm³/mol. The average Bonchev–Trinajstić information content (AvgIpc) is 2.69. The van der Waals surface area contributed by atoms with E-state index in [9.17, 15) is 4.79 Å².